The van der Waals surface area contributed by atoms with Crippen molar-refractivity contribution in [3.05, 3.63) is 42.4 Å². The molecule has 10 heteroatoms. The molecule has 1 aliphatic carbocycles. The number of carbonyl (C=O) groups excluding carboxylic acids is 2. The van der Waals surface area contributed by atoms with Crippen molar-refractivity contribution in [2.75, 3.05) is 30.8 Å². The molecule has 2 fully saturated rings. The van der Waals surface area contributed by atoms with E-state index in [9.17, 15) is 9.59 Å². The highest BCUT2D eigenvalue weighted by Gasteiger charge is 2.29. The van der Waals surface area contributed by atoms with Crippen molar-refractivity contribution in [3.63, 3.8) is 0 Å². The molecule has 0 radical (unpaired) electrons. The molecule has 2 aromatic heterocycles. The summed E-state index contributed by atoms with van der Waals surface area (Å²) in [5.74, 6) is 0.283. The van der Waals surface area contributed by atoms with E-state index in [-0.39, 0.29) is 0 Å². The summed E-state index contributed by atoms with van der Waals surface area (Å²) in [6.45, 7) is 2.03. The molecule has 0 bridgehead atoms. The topological polar surface area (TPSA) is 118 Å². The molecule has 2 aliphatic rings. The summed E-state index contributed by atoms with van der Waals surface area (Å²) in [5.41, 5.74) is 1.17. The van der Waals surface area contributed by atoms with Crippen LogP contribution in [0.5, 0.6) is 0 Å². The zero-order valence-electron chi connectivity index (χ0n) is 17.8. The first-order valence-electron chi connectivity index (χ1n) is 10.9. The van der Waals surface area contributed by atoms with Gasteiger partial charge in [0.25, 0.3) is 0 Å². The molecule has 1 aliphatic heterocycles. The van der Waals surface area contributed by atoms with Gasteiger partial charge in [0.2, 0.25) is 11.7 Å². The van der Waals surface area contributed by atoms with E-state index in [0.717, 1.165) is 38.8 Å². The standard InChI is InChI=1S/C22H25N7O3/c1-28-10-7-17(8-11-28)29-12-9-18(26-29)24-21(31)20(30)23-16-4-2-3-15(13-16)19-25-22(32-27-19)14-5-6-14/h2-4,9,12-14,17H,5-8,10-11H2,1H3,(H,23,30)(H,24,26,31). The van der Waals surface area contributed by atoms with Gasteiger partial charge in [-0.2, -0.15) is 10.1 Å². The molecule has 3 heterocycles. The Morgan fingerprint density at radius 3 is 2.62 bits per heavy atom. The van der Waals surface area contributed by atoms with E-state index in [0.29, 0.717) is 40.7 Å². The molecule has 10 nitrogen and oxygen atoms in total. The maximum atomic E-state index is 12.4. The Morgan fingerprint density at radius 1 is 1.06 bits per heavy atom. The number of nitrogens with zero attached hydrogens (tertiary/aromatic N) is 5. The van der Waals surface area contributed by atoms with E-state index < -0.39 is 11.8 Å². The number of aromatic nitrogens is 4. The smallest absolute Gasteiger partial charge is 0.315 e. The van der Waals surface area contributed by atoms with E-state index in [1.54, 1.807) is 24.3 Å². The van der Waals surface area contributed by atoms with Gasteiger partial charge in [-0.1, -0.05) is 17.3 Å². The summed E-state index contributed by atoms with van der Waals surface area (Å²) >= 11 is 0. The quantitative estimate of drug-likeness (QED) is 0.592. The van der Waals surface area contributed by atoms with E-state index in [2.05, 4.69) is 37.8 Å². The largest absolute Gasteiger partial charge is 0.339 e. The number of anilines is 2. The van der Waals surface area contributed by atoms with Gasteiger partial charge in [-0.25, -0.2) is 0 Å². The summed E-state index contributed by atoms with van der Waals surface area (Å²) in [6.07, 6.45) is 6.00. The van der Waals surface area contributed by atoms with Crippen LogP contribution in [-0.4, -0.2) is 56.8 Å². The van der Waals surface area contributed by atoms with Gasteiger partial charge >= 0.3 is 11.8 Å². The Hall–Kier alpha value is -3.53. The molecular weight excluding hydrogens is 410 g/mol. The first-order valence-corrected chi connectivity index (χ1v) is 10.9. The van der Waals surface area contributed by atoms with Crippen LogP contribution in [0.25, 0.3) is 11.4 Å². The van der Waals surface area contributed by atoms with E-state index in [1.165, 1.54) is 0 Å². The third-order valence-electron chi connectivity index (χ3n) is 5.87. The number of hydrogen-bond acceptors (Lipinski definition) is 7. The Balaban J connectivity index is 1.19. The third kappa shape index (κ3) is 4.54. The average molecular weight is 435 g/mol. The second kappa shape index (κ2) is 8.54. The minimum atomic E-state index is -0.778. The average Bonchev–Trinajstić information content (AvgIpc) is 3.34. The SMILES string of the molecule is CN1CCC(n2ccc(NC(=O)C(=O)Nc3cccc(-c4noc(C5CC5)n4)c3)n2)CC1. The van der Waals surface area contributed by atoms with Crippen LogP contribution >= 0.6 is 0 Å². The third-order valence-corrected chi connectivity index (χ3v) is 5.87. The van der Waals surface area contributed by atoms with E-state index in [1.807, 2.05) is 16.9 Å². The maximum Gasteiger partial charge on any atom is 0.315 e. The summed E-state index contributed by atoms with van der Waals surface area (Å²) < 4.78 is 7.16. The van der Waals surface area contributed by atoms with Crippen LogP contribution < -0.4 is 10.6 Å². The molecule has 1 saturated heterocycles. The summed E-state index contributed by atoms with van der Waals surface area (Å²) in [5, 5.41) is 13.6. The first kappa shape index (κ1) is 20.4. The van der Waals surface area contributed by atoms with Gasteiger partial charge in [-0.3, -0.25) is 14.3 Å². The van der Waals surface area contributed by atoms with Gasteiger partial charge in [0, 0.05) is 29.4 Å². The molecule has 3 aromatic rings. The number of hydrogen-bond donors (Lipinski definition) is 2. The maximum absolute atomic E-state index is 12.4. The highest BCUT2D eigenvalue weighted by atomic mass is 16.5. The molecule has 2 amide bonds. The van der Waals surface area contributed by atoms with Crippen molar-refractivity contribution >= 4 is 23.3 Å². The summed E-state index contributed by atoms with van der Waals surface area (Å²) in [4.78, 5) is 31.5. The number of rotatable bonds is 5. The molecule has 0 atom stereocenters. The van der Waals surface area contributed by atoms with Crippen LogP contribution in [0, 0.1) is 0 Å². The molecule has 2 N–H and O–H groups in total. The van der Waals surface area contributed by atoms with E-state index in [4.69, 9.17) is 4.52 Å². The predicted molar refractivity (Wildman–Crippen MR) is 117 cm³/mol. The van der Waals surface area contributed by atoms with Crippen molar-refractivity contribution in [3.8, 4) is 11.4 Å². The minimum absolute atomic E-state index is 0.305. The van der Waals surface area contributed by atoms with Crippen LogP contribution in [0.4, 0.5) is 11.5 Å². The van der Waals surface area contributed by atoms with E-state index >= 15 is 0 Å². The number of benzene rings is 1. The number of nitrogens with one attached hydrogen (secondary N) is 2. The van der Waals surface area contributed by atoms with Gasteiger partial charge in [0.1, 0.15) is 0 Å². The van der Waals surface area contributed by atoms with Crippen LogP contribution in [0.3, 0.4) is 0 Å². The lowest BCUT2D eigenvalue weighted by atomic mass is 10.1. The van der Waals surface area contributed by atoms with Crippen molar-refractivity contribution in [1.29, 1.82) is 0 Å². The van der Waals surface area contributed by atoms with Crippen molar-refractivity contribution < 1.29 is 14.1 Å². The summed E-state index contributed by atoms with van der Waals surface area (Å²) in [6, 6.07) is 9.01. The normalized spacial score (nSPS) is 17.3. The summed E-state index contributed by atoms with van der Waals surface area (Å²) in [7, 11) is 2.10. The van der Waals surface area contributed by atoms with Gasteiger partial charge in [-0.05, 0) is 58.0 Å². The van der Waals surface area contributed by atoms with Crippen LogP contribution in [0.2, 0.25) is 0 Å². The van der Waals surface area contributed by atoms with Crippen LogP contribution in [-0.2, 0) is 9.59 Å². The first-order chi connectivity index (χ1) is 15.5. The predicted octanol–water partition coefficient (Wildman–Crippen LogP) is 2.65. The van der Waals surface area contributed by atoms with Crippen molar-refractivity contribution in [2.45, 2.75) is 37.6 Å². The second-order valence-corrected chi connectivity index (χ2v) is 8.43. The fraction of sp³-hybridized carbons (Fsp3) is 0.409. The second-order valence-electron chi connectivity index (χ2n) is 8.43. The highest BCUT2D eigenvalue weighted by molar-refractivity contribution is 6.43. The Labute approximate surface area is 185 Å². The van der Waals surface area contributed by atoms with Crippen LogP contribution in [0.1, 0.15) is 43.5 Å². The van der Waals surface area contributed by atoms with Gasteiger partial charge in [0.05, 0.1) is 6.04 Å². The fourth-order valence-electron chi connectivity index (χ4n) is 3.81. The monoisotopic (exact) mass is 435 g/mol. The Morgan fingerprint density at radius 2 is 1.84 bits per heavy atom. The van der Waals surface area contributed by atoms with Gasteiger partial charge in [-0.15, -0.1) is 0 Å². The fourth-order valence-corrected chi connectivity index (χ4v) is 3.81. The lowest BCUT2D eigenvalue weighted by molar-refractivity contribution is -0.133. The molecule has 1 saturated carbocycles. The number of likely N-dealkylation sites (tertiary alicyclic amines) is 1. The minimum Gasteiger partial charge on any atom is -0.339 e. The number of piperidine rings is 1. The molecular formula is C22H25N7O3. The molecule has 0 spiro atoms. The lowest BCUT2D eigenvalue weighted by Crippen LogP contribution is -2.32. The molecule has 32 heavy (non-hydrogen) atoms. The molecule has 166 valence electrons. The lowest BCUT2D eigenvalue weighted by Gasteiger charge is -2.28. The number of amides is 2. The zero-order chi connectivity index (χ0) is 22.1. The Bertz CT molecular complexity index is 1130. The van der Waals surface area contributed by atoms with Crippen molar-refractivity contribution in [1.82, 2.24) is 24.8 Å². The molecule has 5 rings (SSSR count). The van der Waals surface area contributed by atoms with Crippen molar-refractivity contribution in [2.24, 2.45) is 0 Å². The number of carbonyl (C=O) groups is 2. The Kier molecular flexibility index (Phi) is 5.44. The zero-order valence-corrected chi connectivity index (χ0v) is 17.8. The van der Waals surface area contributed by atoms with Gasteiger partial charge < -0.3 is 20.1 Å². The molecule has 0 unspecified atom stereocenters. The van der Waals surface area contributed by atoms with Gasteiger partial charge in [0.15, 0.2) is 5.82 Å². The highest BCUT2D eigenvalue weighted by Crippen LogP contribution is 2.39. The molecule has 1 aromatic carbocycles. The van der Waals surface area contributed by atoms with Crippen LogP contribution in [0.15, 0.2) is 41.1 Å².